The van der Waals surface area contributed by atoms with Crippen LogP contribution in [0.4, 0.5) is 0 Å². The summed E-state index contributed by atoms with van der Waals surface area (Å²) in [6.45, 7) is 0.498. The topological polar surface area (TPSA) is 76.0 Å². The lowest BCUT2D eigenvalue weighted by Crippen LogP contribution is -1.93. The zero-order valence-electron chi connectivity index (χ0n) is 11.9. The van der Waals surface area contributed by atoms with Crippen molar-refractivity contribution in [3.63, 3.8) is 0 Å². The van der Waals surface area contributed by atoms with Gasteiger partial charge in [0.1, 0.15) is 0 Å². The second-order valence-electron chi connectivity index (χ2n) is 4.11. The summed E-state index contributed by atoms with van der Waals surface area (Å²) in [5.74, 6) is -0.252. The lowest BCUT2D eigenvalue weighted by Gasteiger charge is -2.04. The first-order valence-corrected chi connectivity index (χ1v) is 6.21. The van der Waals surface area contributed by atoms with E-state index in [0.29, 0.717) is 17.9 Å². The molecule has 0 spiro atoms. The van der Waals surface area contributed by atoms with Crippen molar-refractivity contribution in [2.75, 3.05) is 14.2 Å². The van der Waals surface area contributed by atoms with Crippen molar-refractivity contribution in [2.24, 2.45) is 0 Å². The van der Waals surface area contributed by atoms with E-state index in [1.807, 2.05) is 6.07 Å². The summed E-state index contributed by atoms with van der Waals surface area (Å²) in [5.41, 5.74) is 1.26. The summed E-state index contributed by atoms with van der Waals surface area (Å²) in [6, 6.07) is 13.5. The van der Waals surface area contributed by atoms with Crippen molar-refractivity contribution in [1.82, 2.24) is 0 Å². The van der Waals surface area contributed by atoms with E-state index in [-0.39, 0.29) is 5.75 Å². The van der Waals surface area contributed by atoms with E-state index in [1.165, 1.54) is 7.11 Å². The molecule has 0 saturated heterocycles. The van der Waals surface area contributed by atoms with Gasteiger partial charge in [-0.25, -0.2) is 4.79 Å². The first-order valence-electron chi connectivity index (χ1n) is 6.21. The van der Waals surface area contributed by atoms with Crippen molar-refractivity contribution < 1.29 is 24.5 Å². The Hall–Kier alpha value is -2.53. The summed E-state index contributed by atoms with van der Waals surface area (Å²) < 4.78 is 9.79. The van der Waals surface area contributed by atoms with Crippen LogP contribution < -0.4 is 4.74 Å². The Balaban J connectivity index is 0.000000219. The molecular formula is C16H18O5. The molecule has 2 aromatic rings. The van der Waals surface area contributed by atoms with Crippen LogP contribution in [0.25, 0.3) is 0 Å². The molecule has 0 atom stereocenters. The first kappa shape index (κ1) is 16.5. The Labute approximate surface area is 123 Å². The maximum atomic E-state index is 10.2. The number of ether oxygens (including phenoxy) is 2. The van der Waals surface area contributed by atoms with Gasteiger partial charge in [-0.15, -0.1) is 0 Å². The molecule has 5 heteroatoms. The van der Waals surface area contributed by atoms with Gasteiger partial charge in [0.25, 0.3) is 0 Å². The molecule has 0 unspecified atom stereocenters. The van der Waals surface area contributed by atoms with Gasteiger partial charge in [-0.1, -0.05) is 24.3 Å². The van der Waals surface area contributed by atoms with Crippen molar-refractivity contribution in [3.8, 4) is 11.5 Å². The number of benzene rings is 2. The van der Waals surface area contributed by atoms with Crippen LogP contribution in [-0.4, -0.2) is 30.4 Å². The number of phenolic OH excluding ortho intramolecular Hbond substituents is 1. The Kier molecular flexibility index (Phi) is 6.77. The molecule has 0 bridgehead atoms. The summed E-state index contributed by atoms with van der Waals surface area (Å²) in [7, 11) is 3.13. The largest absolute Gasteiger partial charge is 0.504 e. The molecule has 2 aromatic carbocycles. The van der Waals surface area contributed by atoms with E-state index >= 15 is 0 Å². The van der Waals surface area contributed by atoms with Gasteiger partial charge >= 0.3 is 5.97 Å². The van der Waals surface area contributed by atoms with Crippen LogP contribution in [-0.2, 0) is 11.3 Å². The fraction of sp³-hybridized carbons (Fsp3) is 0.188. The fourth-order valence-electron chi connectivity index (χ4n) is 1.57. The van der Waals surface area contributed by atoms with Gasteiger partial charge in [0.05, 0.1) is 19.3 Å². The quantitative estimate of drug-likeness (QED) is 0.905. The van der Waals surface area contributed by atoms with Crippen LogP contribution in [0.2, 0.25) is 0 Å². The number of methoxy groups -OCH3 is 2. The van der Waals surface area contributed by atoms with E-state index in [9.17, 15) is 9.90 Å². The molecule has 2 N–H and O–H groups in total. The van der Waals surface area contributed by atoms with Crippen molar-refractivity contribution in [1.29, 1.82) is 0 Å². The minimum absolute atomic E-state index is 0.145. The highest BCUT2D eigenvalue weighted by atomic mass is 16.5. The zero-order chi connectivity index (χ0) is 15.7. The van der Waals surface area contributed by atoms with Crippen LogP contribution in [0.5, 0.6) is 11.5 Å². The van der Waals surface area contributed by atoms with Crippen molar-refractivity contribution >= 4 is 5.97 Å². The predicted molar refractivity (Wildman–Crippen MR) is 78.8 cm³/mol. The standard InChI is InChI=1S/C9H12O3.C7H6O2/c1-11-6-7-3-4-9(12-2)8(10)5-7;8-7(9)6-4-2-1-3-5-6/h3-5,10H,6H2,1-2H3;1-5H,(H,8,9). The summed E-state index contributed by atoms with van der Waals surface area (Å²) in [6.07, 6.45) is 0. The molecule has 21 heavy (non-hydrogen) atoms. The molecule has 5 nitrogen and oxygen atoms in total. The Bertz CT molecular complexity index is 566. The molecule has 0 aromatic heterocycles. The number of carboxylic acids is 1. The minimum Gasteiger partial charge on any atom is -0.504 e. The van der Waals surface area contributed by atoms with E-state index in [1.54, 1.807) is 49.6 Å². The van der Waals surface area contributed by atoms with Crippen LogP contribution in [0, 0.1) is 0 Å². The molecule has 0 aliphatic heterocycles. The smallest absolute Gasteiger partial charge is 0.335 e. The monoisotopic (exact) mass is 290 g/mol. The average Bonchev–Trinajstić information content (AvgIpc) is 2.49. The van der Waals surface area contributed by atoms with Gasteiger partial charge in [-0.05, 0) is 29.8 Å². The number of hydrogen-bond donors (Lipinski definition) is 2. The van der Waals surface area contributed by atoms with Crippen molar-refractivity contribution in [3.05, 3.63) is 59.7 Å². The summed E-state index contributed by atoms with van der Waals surface area (Å²) in [4.78, 5) is 10.2. The summed E-state index contributed by atoms with van der Waals surface area (Å²) in [5, 5.41) is 17.7. The number of carboxylic acid groups (broad SMARTS) is 1. The van der Waals surface area contributed by atoms with Crippen LogP contribution in [0.1, 0.15) is 15.9 Å². The lowest BCUT2D eigenvalue weighted by atomic mass is 10.2. The molecule has 0 aliphatic carbocycles. The van der Waals surface area contributed by atoms with E-state index < -0.39 is 5.97 Å². The minimum atomic E-state index is -0.879. The third-order valence-corrected chi connectivity index (χ3v) is 2.58. The number of aromatic carboxylic acids is 1. The highest BCUT2D eigenvalue weighted by molar-refractivity contribution is 5.87. The van der Waals surface area contributed by atoms with Crippen LogP contribution >= 0.6 is 0 Å². The number of rotatable bonds is 4. The Morgan fingerprint density at radius 2 is 1.76 bits per heavy atom. The third kappa shape index (κ3) is 5.54. The molecule has 0 heterocycles. The molecule has 0 amide bonds. The fourth-order valence-corrected chi connectivity index (χ4v) is 1.57. The van der Waals surface area contributed by atoms with E-state index in [0.717, 1.165) is 5.56 Å². The maximum absolute atomic E-state index is 10.2. The van der Waals surface area contributed by atoms with Crippen LogP contribution in [0.15, 0.2) is 48.5 Å². The van der Waals surface area contributed by atoms with E-state index in [2.05, 4.69) is 0 Å². The lowest BCUT2D eigenvalue weighted by molar-refractivity contribution is 0.0697. The Morgan fingerprint density at radius 3 is 2.19 bits per heavy atom. The third-order valence-electron chi connectivity index (χ3n) is 2.58. The maximum Gasteiger partial charge on any atom is 0.335 e. The normalized spacial score (nSPS) is 9.43. The van der Waals surface area contributed by atoms with Gasteiger partial charge in [-0.3, -0.25) is 0 Å². The number of carbonyl (C=O) groups is 1. The molecular weight excluding hydrogens is 272 g/mol. The second-order valence-corrected chi connectivity index (χ2v) is 4.11. The zero-order valence-corrected chi connectivity index (χ0v) is 11.9. The Morgan fingerprint density at radius 1 is 1.10 bits per heavy atom. The second kappa shape index (κ2) is 8.60. The van der Waals surface area contributed by atoms with Gasteiger partial charge in [0.15, 0.2) is 11.5 Å². The predicted octanol–water partition coefficient (Wildman–Crippen LogP) is 2.93. The van der Waals surface area contributed by atoms with Crippen LogP contribution in [0.3, 0.4) is 0 Å². The van der Waals surface area contributed by atoms with E-state index in [4.69, 9.17) is 14.6 Å². The molecule has 0 radical (unpaired) electrons. The van der Waals surface area contributed by atoms with Gasteiger partial charge < -0.3 is 19.7 Å². The van der Waals surface area contributed by atoms with Gasteiger partial charge in [-0.2, -0.15) is 0 Å². The molecule has 0 fully saturated rings. The SMILES string of the molecule is COCc1ccc(OC)c(O)c1.O=C(O)c1ccccc1. The number of hydrogen-bond acceptors (Lipinski definition) is 4. The molecule has 0 aliphatic rings. The highest BCUT2D eigenvalue weighted by Crippen LogP contribution is 2.26. The highest BCUT2D eigenvalue weighted by Gasteiger charge is 2.01. The molecule has 0 saturated carbocycles. The number of phenols is 1. The van der Waals surface area contributed by atoms with Gasteiger partial charge in [0.2, 0.25) is 0 Å². The van der Waals surface area contributed by atoms with Gasteiger partial charge in [0, 0.05) is 7.11 Å². The van der Waals surface area contributed by atoms with Crippen molar-refractivity contribution in [2.45, 2.75) is 6.61 Å². The summed E-state index contributed by atoms with van der Waals surface area (Å²) >= 11 is 0. The molecule has 2 rings (SSSR count). The average molecular weight is 290 g/mol. The number of aromatic hydroxyl groups is 1. The molecule has 112 valence electrons. The first-order chi connectivity index (χ1) is 10.1.